The van der Waals surface area contributed by atoms with Gasteiger partial charge in [-0.25, -0.2) is 0 Å². The molecule has 2 aromatic heterocycles. The van der Waals surface area contributed by atoms with Gasteiger partial charge in [0.05, 0.1) is 5.69 Å². The molecule has 1 aliphatic rings. The fourth-order valence-corrected chi connectivity index (χ4v) is 3.37. The number of aromatic nitrogens is 2. The maximum atomic E-state index is 6.22. The van der Waals surface area contributed by atoms with Gasteiger partial charge in [-0.05, 0) is 37.8 Å². The molecule has 1 atom stereocenters. The zero-order valence-electron chi connectivity index (χ0n) is 10.2. The zero-order valence-corrected chi connectivity index (χ0v) is 11.0. The lowest BCUT2D eigenvalue weighted by Crippen LogP contribution is -2.10. The number of aryl methyl sites for hydroxylation is 2. The molecule has 0 bridgehead atoms. The number of hydrogen-bond acceptors (Lipinski definition) is 3. The van der Waals surface area contributed by atoms with Crippen molar-refractivity contribution in [1.82, 2.24) is 9.78 Å². The minimum Gasteiger partial charge on any atom is -0.323 e. The van der Waals surface area contributed by atoms with Gasteiger partial charge in [0.2, 0.25) is 0 Å². The molecule has 0 radical (unpaired) electrons. The summed E-state index contributed by atoms with van der Waals surface area (Å²) in [4.78, 5) is 2.59. The van der Waals surface area contributed by atoms with Gasteiger partial charge in [-0.3, -0.25) is 4.68 Å². The molecule has 0 saturated heterocycles. The molecular weight excluding hydrogens is 230 g/mol. The maximum absolute atomic E-state index is 6.22. The van der Waals surface area contributed by atoms with Crippen LogP contribution < -0.4 is 5.73 Å². The molecule has 3 rings (SSSR count). The molecule has 2 aromatic rings. The van der Waals surface area contributed by atoms with Crippen molar-refractivity contribution >= 4 is 11.3 Å². The highest BCUT2D eigenvalue weighted by atomic mass is 32.1. The van der Waals surface area contributed by atoms with E-state index in [2.05, 4.69) is 30.4 Å². The molecule has 2 N–H and O–H groups in total. The molecule has 1 unspecified atom stereocenters. The Balaban J connectivity index is 1.91. The maximum Gasteiger partial charge on any atom is 0.0680 e. The van der Waals surface area contributed by atoms with Crippen molar-refractivity contribution in [3.8, 4) is 10.4 Å². The van der Waals surface area contributed by atoms with Crippen molar-refractivity contribution in [1.29, 1.82) is 0 Å². The Morgan fingerprint density at radius 3 is 2.82 bits per heavy atom. The fraction of sp³-hybridized carbons (Fsp3) is 0.462. The van der Waals surface area contributed by atoms with E-state index in [1.54, 1.807) is 0 Å². The second-order valence-electron chi connectivity index (χ2n) is 4.87. The summed E-state index contributed by atoms with van der Waals surface area (Å²) in [5.74, 6) is 0.719. The second kappa shape index (κ2) is 3.96. The molecule has 1 fully saturated rings. The van der Waals surface area contributed by atoms with Crippen molar-refractivity contribution < 1.29 is 0 Å². The molecule has 17 heavy (non-hydrogen) atoms. The topological polar surface area (TPSA) is 43.8 Å². The molecule has 0 amide bonds. The quantitative estimate of drug-likeness (QED) is 0.906. The van der Waals surface area contributed by atoms with Crippen LogP contribution in [-0.4, -0.2) is 9.78 Å². The van der Waals surface area contributed by atoms with E-state index >= 15 is 0 Å². The van der Waals surface area contributed by atoms with Crippen molar-refractivity contribution in [2.24, 2.45) is 18.7 Å². The fourth-order valence-electron chi connectivity index (χ4n) is 2.21. The van der Waals surface area contributed by atoms with Crippen LogP contribution in [0.15, 0.2) is 18.3 Å². The summed E-state index contributed by atoms with van der Waals surface area (Å²) in [6, 6.07) is 4.59. The Labute approximate surface area is 105 Å². The van der Waals surface area contributed by atoms with Gasteiger partial charge in [-0.1, -0.05) is 0 Å². The number of thiophene rings is 1. The van der Waals surface area contributed by atoms with Crippen LogP contribution in [0.5, 0.6) is 0 Å². The number of nitrogens with two attached hydrogens (primary N) is 1. The van der Waals surface area contributed by atoms with E-state index in [4.69, 9.17) is 5.73 Å². The minimum atomic E-state index is 0.241. The molecule has 1 saturated carbocycles. The van der Waals surface area contributed by atoms with Crippen LogP contribution in [0, 0.1) is 12.8 Å². The smallest absolute Gasteiger partial charge is 0.0680 e. The lowest BCUT2D eigenvalue weighted by molar-refractivity contribution is 0.645. The molecule has 0 aliphatic heterocycles. The first kappa shape index (κ1) is 11.0. The predicted octanol–water partition coefficient (Wildman–Crippen LogP) is 2.87. The van der Waals surface area contributed by atoms with E-state index in [0.717, 1.165) is 11.6 Å². The Bertz CT molecular complexity index is 537. The summed E-state index contributed by atoms with van der Waals surface area (Å²) >= 11 is 1.81. The van der Waals surface area contributed by atoms with Gasteiger partial charge in [0.1, 0.15) is 0 Å². The van der Waals surface area contributed by atoms with E-state index in [9.17, 15) is 0 Å². The van der Waals surface area contributed by atoms with E-state index in [0.29, 0.717) is 0 Å². The molecule has 0 aromatic carbocycles. The Morgan fingerprint density at radius 1 is 1.47 bits per heavy atom. The van der Waals surface area contributed by atoms with Crippen LogP contribution in [0.3, 0.4) is 0 Å². The van der Waals surface area contributed by atoms with Crippen molar-refractivity contribution in [2.75, 3.05) is 0 Å². The Hall–Kier alpha value is -1.13. The largest absolute Gasteiger partial charge is 0.323 e. The lowest BCUT2D eigenvalue weighted by atomic mass is 10.1. The first-order chi connectivity index (χ1) is 8.15. The van der Waals surface area contributed by atoms with Crippen LogP contribution in [0.4, 0.5) is 0 Å². The lowest BCUT2D eigenvalue weighted by Gasteiger charge is -2.05. The first-order valence-electron chi connectivity index (χ1n) is 6.01. The third-order valence-corrected chi connectivity index (χ3v) is 4.58. The van der Waals surface area contributed by atoms with Gasteiger partial charge in [0, 0.05) is 34.6 Å². The summed E-state index contributed by atoms with van der Waals surface area (Å²) in [7, 11) is 1.96. The summed E-state index contributed by atoms with van der Waals surface area (Å²) < 4.78 is 1.87. The first-order valence-corrected chi connectivity index (χ1v) is 6.82. The highest BCUT2D eigenvalue weighted by molar-refractivity contribution is 7.15. The van der Waals surface area contributed by atoms with Gasteiger partial charge in [-0.2, -0.15) is 5.10 Å². The van der Waals surface area contributed by atoms with E-state index in [1.165, 1.54) is 28.2 Å². The van der Waals surface area contributed by atoms with Gasteiger partial charge >= 0.3 is 0 Å². The molecule has 90 valence electrons. The highest BCUT2D eigenvalue weighted by Crippen LogP contribution is 2.42. The van der Waals surface area contributed by atoms with Crippen molar-refractivity contribution in [3.63, 3.8) is 0 Å². The molecular formula is C13H17N3S. The Kier molecular flexibility index (Phi) is 2.56. The molecule has 4 heteroatoms. The van der Waals surface area contributed by atoms with Crippen LogP contribution in [0.25, 0.3) is 10.4 Å². The van der Waals surface area contributed by atoms with E-state index < -0.39 is 0 Å². The molecule has 3 nitrogen and oxygen atoms in total. The third kappa shape index (κ3) is 2.03. The summed E-state index contributed by atoms with van der Waals surface area (Å²) in [5.41, 5.74) is 8.54. The molecule has 0 spiro atoms. The second-order valence-corrected chi connectivity index (χ2v) is 5.98. The average Bonchev–Trinajstić information content (AvgIpc) is 2.93. The van der Waals surface area contributed by atoms with E-state index in [-0.39, 0.29) is 6.04 Å². The number of nitrogens with zero attached hydrogens (tertiary/aromatic N) is 2. The number of hydrogen-bond donors (Lipinski definition) is 1. The summed E-state index contributed by atoms with van der Waals surface area (Å²) in [5, 5.41) is 4.38. The van der Waals surface area contributed by atoms with Crippen LogP contribution in [-0.2, 0) is 7.05 Å². The van der Waals surface area contributed by atoms with Gasteiger partial charge in [0.25, 0.3) is 0 Å². The van der Waals surface area contributed by atoms with Crippen LogP contribution in [0.2, 0.25) is 0 Å². The highest BCUT2D eigenvalue weighted by Gasteiger charge is 2.30. The minimum absolute atomic E-state index is 0.241. The predicted molar refractivity (Wildman–Crippen MR) is 70.9 cm³/mol. The van der Waals surface area contributed by atoms with Crippen molar-refractivity contribution in [2.45, 2.75) is 25.8 Å². The summed E-state index contributed by atoms with van der Waals surface area (Å²) in [6.07, 6.45) is 4.66. The Morgan fingerprint density at radius 2 is 2.24 bits per heavy atom. The third-order valence-electron chi connectivity index (χ3n) is 3.36. The van der Waals surface area contributed by atoms with Gasteiger partial charge in [-0.15, -0.1) is 11.3 Å². The van der Waals surface area contributed by atoms with Crippen LogP contribution in [0.1, 0.15) is 29.5 Å². The molecule has 1 aliphatic carbocycles. The van der Waals surface area contributed by atoms with Crippen LogP contribution >= 0.6 is 11.3 Å². The zero-order chi connectivity index (χ0) is 12.0. The molecule has 2 heterocycles. The van der Waals surface area contributed by atoms with E-state index in [1.807, 2.05) is 23.1 Å². The standard InChI is InChI=1S/C13H17N3S/c1-8-10(7-16(2)15-8)11-5-6-12(17-11)13(14)9-3-4-9/h5-7,9,13H,3-4,14H2,1-2H3. The average molecular weight is 247 g/mol. The van der Waals surface area contributed by atoms with Gasteiger partial charge < -0.3 is 5.73 Å². The normalized spacial score (nSPS) is 17.4. The summed E-state index contributed by atoms with van der Waals surface area (Å²) in [6.45, 7) is 2.05. The monoisotopic (exact) mass is 247 g/mol. The van der Waals surface area contributed by atoms with Crippen molar-refractivity contribution in [3.05, 3.63) is 28.9 Å². The number of rotatable bonds is 3. The SMILES string of the molecule is Cc1nn(C)cc1-c1ccc(C(N)C2CC2)s1. The van der Waals surface area contributed by atoms with Gasteiger partial charge in [0.15, 0.2) is 0 Å².